The van der Waals surface area contributed by atoms with Gasteiger partial charge in [-0.15, -0.1) is 0 Å². The van der Waals surface area contributed by atoms with Crippen LogP contribution in [0.1, 0.15) is 15.9 Å². The van der Waals surface area contributed by atoms with Crippen molar-refractivity contribution in [3.8, 4) is 5.75 Å². The minimum absolute atomic E-state index is 0.115. The van der Waals surface area contributed by atoms with Crippen molar-refractivity contribution in [2.24, 2.45) is 5.14 Å². The fourth-order valence-electron chi connectivity index (χ4n) is 2.18. The van der Waals surface area contributed by atoms with Crippen molar-refractivity contribution in [2.45, 2.75) is 11.3 Å². The van der Waals surface area contributed by atoms with E-state index >= 15 is 0 Å². The summed E-state index contributed by atoms with van der Waals surface area (Å²) in [6, 6.07) is 12.4. The summed E-state index contributed by atoms with van der Waals surface area (Å²) < 4.78 is 32.3. The van der Waals surface area contributed by atoms with E-state index in [2.05, 4.69) is 5.32 Å². The lowest BCUT2D eigenvalue weighted by Gasteiger charge is -2.07. The normalized spacial score (nSPS) is 10.9. The highest BCUT2D eigenvalue weighted by molar-refractivity contribution is 7.89. The topological polar surface area (TPSA) is 125 Å². The SMILES string of the molecule is COc1ccc(CCNC(=O)COC(=O)c2ccc(S(N)(=O)=O)cc2)cc1. The average molecular weight is 392 g/mol. The number of nitrogens with two attached hydrogens (primary N) is 1. The molecule has 0 saturated heterocycles. The molecule has 0 aliphatic carbocycles. The van der Waals surface area contributed by atoms with E-state index in [4.69, 9.17) is 14.6 Å². The number of benzene rings is 2. The number of ether oxygens (including phenoxy) is 2. The fourth-order valence-corrected chi connectivity index (χ4v) is 2.70. The second-order valence-electron chi connectivity index (χ2n) is 5.59. The van der Waals surface area contributed by atoms with Gasteiger partial charge in [-0.2, -0.15) is 0 Å². The van der Waals surface area contributed by atoms with E-state index in [0.717, 1.165) is 11.3 Å². The lowest BCUT2D eigenvalue weighted by atomic mass is 10.1. The highest BCUT2D eigenvalue weighted by Crippen LogP contribution is 2.11. The zero-order valence-corrected chi connectivity index (χ0v) is 15.5. The van der Waals surface area contributed by atoms with Crippen LogP contribution in [0.25, 0.3) is 0 Å². The lowest BCUT2D eigenvalue weighted by molar-refractivity contribution is -0.124. The van der Waals surface area contributed by atoms with E-state index < -0.39 is 28.5 Å². The zero-order valence-electron chi connectivity index (χ0n) is 14.7. The predicted octanol–water partition coefficient (Wildman–Crippen LogP) is 0.858. The number of rotatable bonds is 8. The van der Waals surface area contributed by atoms with Gasteiger partial charge in [-0.1, -0.05) is 12.1 Å². The van der Waals surface area contributed by atoms with Gasteiger partial charge < -0.3 is 14.8 Å². The number of carbonyl (C=O) groups is 2. The van der Waals surface area contributed by atoms with Gasteiger partial charge in [0.25, 0.3) is 5.91 Å². The fraction of sp³-hybridized carbons (Fsp3) is 0.222. The van der Waals surface area contributed by atoms with Gasteiger partial charge >= 0.3 is 5.97 Å². The van der Waals surface area contributed by atoms with Crippen LogP contribution in [0.3, 0.4) is 0 Å². The Balaban J connectivity index is 1.75. The molecule has 1 amide bonds. The third-order valence-electron chi connectivity index (χ3n) is 3.65. The highest BCUT2D eigenvalue weighted by atomic mass is 32.2. The van der Waals surface area contributed by atoms with E-state index in [9.17, 15) is 18.0 Å². The van der Waals surface area contributed by atoms with Crippen molar-refractivity contribution in [1.82, 2.24) is 5.32 Å². The third kappa shape index (κ3) is 6.39. The summed E-state index contributed by atoms with van der Waals surface area (Å²) in [4.78, 5) is 23.5. The molecule has 9 heteroatoms. The summed E-state index contributed by atoms with van der Waals surface area (Å²) in [6.07, 6.45) is 0.624. The van der Waals surface area contributed by atoms with Gasteiger partial charge in [-0.3, -0.25) is 4.79 Å². The Labute approximate surface area is 157 Å². The molecule has 8 nitrogen and oxygen atoms in total. The molecule has 0 aliphatic rings. The third-order valence-corrected chi connectivity index (χ3v) is 4.58. The van der Waals surface area contributed by atoms with Gasteiger partial charge in [0.05, 0.1) is 17.6 Å². The molecule has 0 heterocycles. The number of hydrogen-bond donors (Lipinski definition) is 2. The number of hydrogen-bond acceptors (Lipinski definition) is 6. The van der Waals surface area contributed by atoms with Crippen molar-refractivity contribution in [2.75, 3.05) is 20.3 Å². The second-order valence-corrected chi connectivity index (χ2v) is 7.15. The number of nitrogens with one attached hydrogen (secondary N) is 1. The maximum atomic E-state index is 11.9. The van der Waals surface area contributed by atoms with Gasteiger partial charge in [-0.25, -0.2) is 18.4 Å². The van der Waals surface area contributed by atoms with Crippen LogP contribution in [-0.4, -0.2) is 40.6 Å². The molecular formula is C18H20N2O6S. The molecule has 0 spiro atoms. The molecule has 0 atom stereocenters. The molecule has 0 saturated carbocycles. The smallest absolute Gasteiger partial charge is 0.338 e. The first kappa shape index (κ1) is 20.4. The Kier molecular flexibility index (Phi) is 6.91. The van der Waals surface area contributed by atoms with Crippen molar-refractivity contribution >= 4 is 21.9 Å². The van der Waals surface area contributed by atoms with Crippen molar-refractivity contribution in [3.63, 3.8) is 0 Å². The first-order valence-corrected chi connectivity index (χ1v) is 9.54. The van der Waals surface area contributed by atoms with E-state index in [1.165, 1.54) is 24.3 Å². The number of methoxy groups -OCH3 is 1. The van der Waals surface area contributed by atoms with Gasteiger partial charge in [0.15, 0.2) is 6.61 Å². The molecule has 2 aromatic rings. The monoisotopic (exact) mass is 392 g/mol. The predicted molar refractivity (Wildman–Crippen MR) is 97.8 cm³/mol. The molecular weight excluding hydrogens is 372 g/mol. The molecule has 0 aliphatic heterocycles. The van der Waals surface area contributed by atoms with Crippen molar-refractivity contribution < 1.29 is 27.5 Å². The molecule has 2 aromatic carbocycles. The van der Waals surface area contributed by atoms with Crippen molar-refractivity contribution in [1.29, 1.82) is 0 Å². The minimum Gasteiger partial charge on any atom is -0.497 e. The number of primary sulfonamides is 1. The molecule has 0 unspecified atom stereocenters. The maximum Gasteiger partial charge on any atom is 0.338 e. The van der Waals surface area contributed by atoms with Crippen LogP contribution in [0, 0.1) is 0 Å². The first-order chi connectivity index (χ1) is 12.8. The summed E-state index contributed by atoms with van der Waals surface area (Å²) in [5.41, 5.74) is 1.15. The van der Waals surface area contributed by atoms with Crippen LogP contribution in [0.15, 0.2) is 53.4 Å². The summed E-state index contributed by atoms with van der Waals surface area (Å²) in [5.74, 6) is -0.411. The Morgan fingerprint density at radius 3 is 2.22 bits per heavy atom. The van der Waals surface area contributed by atoms with Gasteiger partial charge in [0, 0.05) is 6.54 Å². The van der Waals surface area contributed by atoms with Crippen LogP contribution in [-0.2, 0) is 26.0 Å². The summed E-state index contributed by atoms with van der Waals surface area (Å²) in [6.45, 7) is -0.0375. The summed E-state index contributed by atoms with van der Waals surface area (Å²) in [5, 5.41) is 7.63. The van der Waals surface area contributed by atoms with Crippen LogP contribution < -0.4 is 15.2 Å². The van der Waals surface area contributed by atoms with Gasteiger partial charge in [0.2, 0.25) is 10.0 Å². The Hall–Kier alpha value is -2.91. The van der Waals surface area contributed by atoms with E-state index in [-0.39, 0.29) is 10.5 Å². The maximum absolute atomic E-state index is 11.9. The molecule has 0 aromatic heterocycles. The van der Waals surface area contributed by atoms with Gasteiger partial charge in [0.1, 0.15) is 5.75 Å². The second kappa shape index (κ2) is 9.15. The Morgan fingerprint density at radius 2 is 1.67 bits per heavy atom. The molecule has 0 radical (unpaired) electrons. The number of amides is 1. The minimum atomic E-state index is -3.83. The summed E-state index contributed by atoms with van der Waals surface area (Å²) >= 11 is 0. The molecule has 0 fully saturated rings. The first-order valence-electron chi connectivity index (χ1n) is 7.99. The van der Waals surface area contributed by atoms with Crippen LogP contribution in [0.5, 0.6) is 5.75 Å². The average Bonchev–Trinajstić information content (AvgIpc) is 2.66. The number of esters is 1. The highest BCUT2D eigenvalue weighted by Gasteiger charge is 2.12. The quantitative estimate of drug-likeness (QED) is 0.642. The molecule has 2 rings (SSSR count). The zero-order chi connectivity index (χ0) is 19.9. The lowest BCUT2D eigenvalue weighted by Crippen LogP contribution is -2.30. The van der Waals surface area contributed by atoms with E-state index in [1.54, 1.807) is 7.11 Å². The van der Waals surface area contributed by atoms with Crippen LogP contribution in [0.4, 0.5) is 0 Å². The molecule has 144 valence electrons. The van der Waals surface area contributed by atoms with Crippen LogP contribution in [0.2, 0.25) is 0 Å². The largest absolute Gasteiger partial charge is 0.497 e. The summed E-state index contributed by atoms with van der Waals surface area (Å²) in [7, 11) is -2.24. The van der Waals surface area contributed by atoms with E-state index in [1.807, 2.05) is 24.3 Å². The molecule has 0 bridgehead atoms. The van der Waals surface area contributed by atoms with Crippen LogP contribution >= 0.6 is 0 Å². The Morgan fingerprint density at radius 1 is 1.04 bits per heavy atom. The number of sulfonamides is 1. The number of carbonyl (C=O) groups excluding carboxylic acids is 2. The standard InChI is InChI=1S/C18H20N2O6S/c1-25-15-6-2-13(3-7-15)10-11-20-17(21)12-26-18(22)14-4-8-16(9-5-14)27(19,23)24/h2-9H,10-12H2,1H3,(H,20,21)(H2,19,23,24). The Bertz CT molecular complexity index is 892. The van der Waals surface area contributed by atoms with Gasteiger partial charge in [-0.05, 0) is 48.4 Å². The van der Waals surface area contributed by atoms with Crippen molar-refractivity contribution in [3.05, 3.63) is 59.7 Å². The van der Waals surface area contributed by atoms with E-state index in [0.29, 0.717) is 13.0 Å². The molecule has 27 heavy (non-hydrogen) atoms. The molecule has 3 N–H and O–H groups in total.